The lowest BCUT2D eigenvalue weighted by Crippen LogP contribution is -2.30. The zero-order chi connectivity index (χ0) is 14.4. The number of carbonyl (C=O) groups excluding carboxylic acids is 1. The Morgan fingerprint density at radius 3 is 2.11 bits per heavy atom. The summed E-state index contributed by atoms with van der Waals surface area (Å²) in [6.07, 6.45) is 6.20. The summed E-state index contributed by atoms with van der Waals surface area (Å²) in [5.41, 5.74) is 0. The van der Waals surface area contributed by atoms with Crippen LogP contribution in [0.25, 0.3) is 0 Å². The maximum absolute atomic E-state index is 10.5. The van der Waals surface area contributed by atoms with Gasteiger partial charge in [-0.05, 0) is 32.4 Å². The summed E-state index contributed by atoms with van der Waals surface area (Å²) < 4.78 is 0. The van der Waals surface area contributed by atoms with E-state index in [4.69, 9.17) is 0 Å². The van der Waals surface area contributed by atoms with Gasteiger partial charge in [0.05, 0.1) is 0 Å². The Hall–Kier alpha value is -0.570. The van der Waals surface area contributed by atoms with Crippen molar-refractivity contribution in [2.75, 3.05) is 13.6 Å². The zero-order valence-corrected chi connectivity index (χ0v) is 13.3. The summed E-state index contributed by atoms with van der Waals surface area (Å²) in [5, 5.41) is 6.02. The molecule has 1 aliphatic carbocycles. The quantitative estimate of drug-likeness (QED) is 0.803. The van der Waals surface area contributed by atoms with E-state index in [2.05, 4.69) is 24.5 Å². The molecule has 18 heavy (non-hydrogen) atoms. The van der Waals surface area contributed by atoms with Gasteiger partial charge in [0.25, 0.3) is 0 Å². The Morgan fingerprint density at radius 1 is 1.33 bits per heavy atom. The number of rotatable bonds is 4. The fourth-order valence-electron chi connectivity index (χ4n) is 1.85. The summed E-state index contributed by atoms with van der Waals surface area (Å²) in [6, 6.07) is 0.488. The van der Waals surface area contributed by atoms with Gasteiger partial charge in [-0.2, -0.15) is 0 Å². The van der Waals surface area contributed by atoms with Gasteiger partial charge < -0.3 is 10.6 Å². The monoisotopic (exact) mass is 264 g/mol. The topological polar surface area (TPSA) is 41.1 Å². The number of hydrogen-bond donors (Lipinski definition) is 2. The summed E-state index contributed by atoms with van der Waals surface area (Å²) in [5.74, 6) is 0.951. The smallest absolute Gasteiger partial charge is 0.217 e. The number of hydrogen-bond acceptors (Lipinski definition) is 2. The van der Waals surface area contributed by atoms with Crippen LogP contribution in [-0.4, -0.2) is 25.5 Å². The summed E-state index contributed by atoms with van der Waals surface area (Å²) in [4.78, 5) is 10.5. The van der Waals surface area contributed by atoms with E-state index in [1.807, 2.05) is 20.9 Å². The molecule has 1 fully saturated rings. The van der Waals surface area contributed by atoms with Gasteiger partial charge in [-0.1, -0.05) is 47.0 Å². The normalized spacial score (nSPS) is 15.9. The molecule has 0 aromatic rings. The summed E-state index contributed by atoms with van der Waals surface area (Å²) >= 11 is 0. The van der Waals surface area contributed by atoms with Crippen molar-refractivity contribution in [3.63, 3.8) is 0 Å². The van der Waals surface area contributed by atoms with Crippen LogP contribution in [-0.2, 0) is 4.79 Å². The summed E-state index contributed by atoms with van der Waals surface area (Å²) in [7, 11) is 1.99. The standard InChI is InChI=1S/C7H13NO.C6H15N.C2H6.3H2/c1-6(9)8-7-4-2-3-5-7;1-4-6(2)5-7-3;1-2;;;/h7H,2-5H2,1H3,(H,8,9);6-7H,4-5H2,1-3H3;1-2H3;3*1H/t;6-;;;;/m.1..../s1. The van der Waals surface area contributed by atoms with Gasteiger partial charge in [0.2, 0.25) is 5.91 Å². The first kappa shape index (κ1) is 19.8. The molecule has 3 nitrogen and oxygen atoms in total. The average Bonchev–Trinajstić information content (AvgIpc) is 2.84. The van der Waals surface area contributed by atoms with Crippen molar-refractivity contribution in [3.05, 3.63) is 0 Å². The van der Waals surface area contributed by atoms with Gasteiger partial charge in [0.1, 0.15) is 0 Å². The van der Waals surface area contributed by atoms with Crippen molar-refractivity contribution in [1.82, 2.24) is 10.6 Å². The third-order valence-corrected chi connectivity index (χ3v) is 3.01. The average molecular weight is 264 g/mol. The molecule has 1 rings (SSSR count). The molecule has 0 bridgehead atoms. The highest BCUT2D eigenvalue weighted by molar-refractivity contribution is 5.73. The predicted octanol–water partition coefficient (Wildman–Crippen LogP) is 4.08. The van der Waals surface area contributed by atoms with Crippen LogP contribution >= 0.6 is 0 Å². The van der Waals surface area contributed by atoms with E-state index in [1.165, 1.54) is 32.1 Å². The van der Waals surface area contributed by atoms with E-state index >= 15 is 0 Å². The molecule has 116 valence electrons. The van der Waals surface area contributed by atoms with Crippen molar-refractivity contribution in [2.24, 2.45) is 5.92 Å². The van der Waals surface area contributed by atoms with Crippen LogP contribution in [0.5, 0.6) is 0 Å². The van der Waals surface area contributed by atoms with Gasteiger partial charge in [-0.15, -0.1) is 0 Å². The number of amides is 1. The summed E-state index contributed by atoms with van der Waals surface area (Å²) in [6.45, 7) is 11.2. The molecule has 0 unspecified atom stereocenters. The van der Waals surface area contributed by atoms with Crippen molar-refractivity contribution >= 4 is 5.91 Å². The lowest BCUT2D eigenvalue weighted by Gasteiger charge is -2.07. The lowest BCUT2D eigenvalue weighted by atomic mass is 10.1. The highest BCUT2D eigenvalue weighted by atomic mass is 16.1. The van der Waals surface area contributed by atoms with E-state index in [0.717, 1.165) is 12.5 Å². The molecule has 2 N–H and O–H groups in total. The minimum atomic E-state index is 0. The van der Waals surface area contributed by atoms with Crippen LogP contribution in [0.4, 0.5) is 0 Å². The lowest BCUT2D eigenvalue weighted by molar-refractivity contribution is -0.119. The molecule has 1 saturated carbocycles. The third-order valence-electron chi connectivity index (χ3n) is 3.01. The van der Waals surface area contributed by atoms with Crippen LogP contribution < -0.4 is 10.6 Å². The molecular formula is C15H40N2O. The molecule has 0 radical (unpaired) electrons. The first-order chi connectivity index (χ1) is 8.60. The molecule has 1 atom stereocenters. The second-order valence-corrected chi connectivity index (χ2v) is 4.75. The molecule has 0 heterocycles. The van der Waals surface area contributed by atoms with Gasteiger partial charge >= 0.3 is 0 Å². The molecular weight excluding hydrogens is 224 g/mol. The van der Waals surface area contributed by atoms with E-state index in [9.17, 15) is 4.79 Å². The Morgan fingerprint density at radius 2 is 1.83 bits per heavy atom. The first-order valence-corrected chi connectivity index (χ1v) is 7.51. The van der Waals surface area contributed by atoms with Crippen LogP contribution in [0, 0.1) is 5.92 Å². The minimum absolute atomic E-state index is 0. The molecule has 0 spiro atoms. The molecule has 1 amide bonds. The maximum atomic E-state index is 10.5. The fourth-order valence-corrected chi connectivity index (χ4v) is 1.85. The van der Waals surface area contributed by atoms with Crippen LogP contribution in [0.15, 0.2) is 0 Å². The van der Waals surface area contributed by atoms with E-state index in [1.54, 1.807) is 6.92 Å². The van der Waals surface area contributed by atoms with Gasteiger partial charge in [0.15, 0.2) is 0 Å². The second kappa shape index (κ2) is 14.5. The maximum Gasteiger partial charge on any atom is 0.217 e. The Bertz CT molecular complexity index is 190. The van der Waals surface area contributed by atoms with Gasteiger partial charge in [-0.3, -0.25) is 4.79 Å². The predicted molar refractivity (Wildman–Crippen MR) is 87.1 cm³/mol. The van der Waals surface area contributed by atoms with Crippen molar-refractivity contribution in [1.29, 1.82) is 0 Å². The Balaban J connectivity index is -0.0000000657. The van der Waals surface area contributed by atoms with Crippen molar-refractivity contribution < 1.29 is 9.07 Å². The first-order valence-electron chi connectivity index (χ1n) is 7.51. The largest absolute Gasteiger partial charge is 0.354 e. The molecule has 3 heteroatoms. The van der Waals surface area contributed by atoms with E-state index < -0.39 is 0 Å². The Labute approximate surface area is 119 Å². The van der Waals surface area contributed by atoms with Crippen molar-refractivity contribution in [3.8, 4) is 0 Å². The van der Waals surface area contributed by atoms with Crippen LogP contribution in [0.2, 0.25) is 0 Å². The SMILES string of the molecule is CC.CC(=O)NC1CCCC1.CC[C@@H](C)CNC.[HH].[HH].[HH]. The van der Waals surface area contributed by atoms with Crippen LogP contribution in [0.3, 0.4) is 0 Å². The highest BCUT2D eigenvalue weighted by Crippen LogP contribution is 2.17. The van der Waals surface area contributed by atoms with Crippen molar-refractivity contribution in [2.45, 2.75) is 72.8 Å². The highest BCUT2D eigenvalue weighted by Gasteiger charge is 2.14. The second-order valence-electron chi connectivity index (χ2n) is 4.75. The minimum Gasteiger partial charge on any atom is -0.354 e. The van der Waals surface area contributed by atoms with Gasteiger partial charge in [-0.25, -0.2) is 0 Å². The molecule has 1 aliphatic rings. The zero-order valence-electron chi connectivity index (χ0n) is 13.3. The van der Waals surface area contributed by atoms with E-state index in [0.29, 0.717) is 6.04 Å². The molecule has 0 aliphatic heterocycles. The molecule has 0 aromatic carbocycles. The fraction of sp³-hybridized carbons (Fsp3) is 0.933. The number of nitrogens with one attached hydrogen (secondary N) is 2. The number of carbonyl (C=O) groups is 1. The van der Waals surface area contributed by atoms with E-state index in [-0.39, 0.29) is 10.2 Å². The molecule has 0 saturated heterocycles. The Kier molecular flexibility index (Phi) is 15.9. The third kappa shape index (κ3) is 13.5. The molecule has 0 aromatic heterocycles. The van der Waals surface area contributed by atoms with Crippen LogP contribution in [0.1, 0.15) is 71.0 Å². The van der Waals surface area contributed by atoms with Gasteiger partial charge in [0, 0.05) is 17.2 Å².